The second-order valence-electron chi connectivity index (χ2n) is 4.10. The van der Waals surface area contributed by atoms with E-state index in [1.807, 2.05) is 10.9 Å². The van der Waals surface area contributed by atoms with Crippen molar-refractivity contribution in [3.63, 3.8) is 0 Å². The molecule has 84 valence electrons. The molecule has 0 atom stereocenters. The van der Waals surface area contributed by atoms with Gasteiger partial charge in [0, 0.05) is 24.8 Å². The Bertz CT molecular complexity index is 486. The molecule has 3 nitrogen and oxygen atoms in total. The van der Waals surface area contributed by atoms with Crippen molar-refractivity contribution in [3.8, 4) is 11.3 Å². The molecule has 0 saturated carbocycles. The normalized spacial score (nSPS) is 10.7. The van der Waals surface area contributed by atoms with E-state index in [1.165, 1.54) is 16.7 Å². The summed E-state index contributed by atoms with van der Waals surface area (Å²) in [4.78, 5) is 4.41. The number of hydrogen-bond donors (Lipinski definition) is 1. The Morgan fingerprint density at radius 1 is 1.31 bits per heavy atom. The maximum absolute atomic E-state index is 5.51. The highest BCUT2D eigenvalue weighted by Gasteiger charge is 2.05. The summed E-state index contributed by atoms with van der Waals surface area (Å²) in [5.41, 5.74) is 10.3. The van der Waals surface area contributed by atoms with Crippen LogP contribution in [0, 0.1) is 13.8 Å². The van der Waals surface area contributed by atoms with Crippen molar-refractivity contribution in [2.24, 2.45) is 5.73 Å². The average Bonchev–Trinajstić information content (AvgIpc) is 2.71. The maximum Gasteiger partial charge on any atom is 0.0954 e. The summed E-state index contributed by atoms with van der Waals surface area (Å²) in [5.74, 6) is 0. The van der Waals surface area contributed by atoms with Gasteiger partial charge in [-0.15, -0.1) is 0 Å². The van der Waals surface area contributed by atoms with Gasteiger partial charge in [-0.3, -0.25) is 0 Å². The Labute approximate surface area is 95.9 Å². The van der Waals surface area contributed by atoms with Crippen LogP contribution in [-0.4, -0.2) is 16.1 Å². The number of nitrogens with zero attached hydrogens (tertiary/aromatic N) is 2. The van der Waals surface area contributed by atoms with E-state index in [0.29, 0.717) is 6.54 Å². The molecule has 0 aliphatic rings. The summed E-state index contributed by atoms with van der Waals surface area (Å²) >= 11 is 0. The minimum atomic E-state index is 0.641. The number of benzene rings is 1. The molecule has 1 aromatic heterocycles. The number of hydrogen-bond acceptors (Lipinski definition) is 2. The van der Waals surface area contributed by atoms with Crippen molar-refractivity contribution in [1.82, 2.24) is 9.55 Å². The number of imidazole rings is 1. The van der Waals surface area contributed by atoms with Crippen molar-refractivity contribution in [3.05, 3.63) is 41.9 Å². The predicted octanol–water partition coefficient (Wildman–Crippen LogP) is 2.13. The molecule has 2 N–H and O–H groups in total. The summed E-state index contributed by atoms with van der Waals surface area (Å²) in [6.07, 6.45) is 3.89. The van der Waals surface area contributed by atoms with E-state index < -0.39 is 0 Å². The molecule has 0 fully saturated rings. The van der Waals surface area contributed by atoms with Crippen LogP contribution in [0.3, 0.4) is 0 Å². The lowest BCUT2D eigenvalue weighted by Gasteiger charge is -2.03. The van der Waals surface area contributed by atoms with Crippen LogP contribution < -0.4 is 5.73 Å². The molecule has 0 unspecified atom stereocenters. The lowest BCUT2D eigenvalue weighted by Crippen LogP contribution is -2.07. The van der Waals surface area contributed by atoms with Gasteiger partial charge in [-0.2, -0.15) is 0 Å². The lowest BCUT2D eigenvalue weighted by atomic mass is 10.0. The molecule has 2 rings (SSSR count). The Balaban J connectivity index is 2.38. The van der Waals surface area contributed by atoms with Gasteiger partial charge in [0.2, 0.25) is 0 Å². The molecular weight excluding hydrogens is 198 g/mol. The van der Waals surface area contributed by atoms with Gasteiger partial charge in [-0.1, -0.05) is 17.7 Å². The van der Waals surface area contributed by atoms with E-state index >= 15 is 0 Å². The number of rotatable bonds is 3. The summed E-state index contributed by atoms with van der Waals surface area (Å²) in [6, 6.07) is 6.42. The van der Waals surface area contributed by atoms with Gasteiger partial charge in [0.15, 0.2) is 0 Å². The number of nitrogens with two attached hydrogens (primary N) is 1. The fourth-order valence-electron chi connectivity index (χ4n) is 1.78. The van der Waals surface area contributed by atoms with Crippen molar-refractivity contribution in [1.29, 1.82) is 0 Å². The third-order valence-corrected chi connectivity index (χ3v) is 2.69. The highest BCUT2D eigenvalue weighted by atomic mass is 15.0. The van der Waals surface area contributed by atoms with Gasteiger partial charge < -0.3 is 10.3 Å². The van der Waals surface area contributed by atoms with Crippen molar-refractivity contribution in [2.45, 2.75) is 20.4 Å². The standard InChI is InChI=1S/C13H17N3/c1-10-3-4-11(2)12(7-10)13-8-16(6-5-14)9-15-13/h3-4,7-9H,5-6,14H2,1-2H3. The molecule has 0 radical (unpaired) electrons. The first-order valence-electron chi connectivity index (χ1n) is 5.50. The van der Waals surface area contributed by atoms with Crippen LogP contribution in [0.25, 0.3) is 11.3 Å². The van der Waals surface area contributed by atoms with E-state index in [0.717, 1.165) is 12.2 Å². The van der Waals surface area contributed by atoms with Crippen LogP contribution in [0.4, 0.5) is 0 Å². The summed E-state index contributed by atoms with van der Waals surface area (Å²) in [6.45, 7) is 5.66. The van der Waals surface area contributed by atoms with E-state index in [9.17, 15) is 0 Å². The maximum atomic E-state index is 5.51. The Morgan fingerprint density at radius 2 is 2.12 bits per heavy atom. The van der Waals surface area contributed by atoms with Crippen LogP contribution in [0.5, 0.6) is 0 Å². The topological polar surface area (TPSA) is 43.8 Å². The fourth-order valence-corrected chi connectivity index (χ4v) is 1.78. The zero-order valence-electron chi connectivity index (χ0n) is 9.77. The molecular formula is C13H17N3. The monoisotopic (exact) mass is 215 g/mol. The molecule has 0 aliphatic carbocycles. The summed E-state index contributed by atoms with van der Waals surface area (Å²) in [5, 5.41) is 0. The molecule has 1 heterocycles. The van der Waals surface area contributed by atoms with E-state index in [2.05, 4.69) is 43.2 Å². The summed E-state index contributed by atoms with van der Waals surface area (Å²) < 4.78 is 2.02. The molecule has 1 aromatic carbocycles. The first-order chi connectivity index (χ1) is 7.70. The van der Waals surface area contributed by atoms with Crippen LogP contribution in [0.1, 0.15) is 11.1 Å². The van der Waals surface area contributed by atoms with Gasteiger partial charge in [-0.25, -0.2) is 4.98 Å². The van der Waals surface area contributed by atoms with Gasteiger partial charge in [-0.05, 0) is 25.5 Å². The quantitative estimate of drug-likeness (QED) is 0.852. The average molecular weight is 215 g/mol. The van der Waals surface area contributed by atoms with Crippen LogP contribution >= 0.6 is 0 Å². The number of aryl methyl sites for hydroxylation is 2. The molecule has 0 amide bonds. The first-order valence-corrected chi connectivity index (χ1v) is 5.50. The molecule has 3 heteroatoms. The fraction of sp³-hybridized carbons (Fsp3) is 0.308. The Kier molecular flexibility index (Phi) is 3.06. The molecule has 0 spiro atoms. The number of aromatic nitrogens is 2. The zero-order valence-corrected chi connectivity index (χ0v) is 9.77. The van der Waals surface area contributed by atoms with Crippen LogP contribution in [0.15, 0.2) is 30.7 Å². The molecule has 0 bridgehead atoms. The second kappa shape index (κ2) is 4.49. The Hall–Kier alpha value is -1.61. The molecule has 0 aliphatic heterocycles. The Morgan fingerprint density at radius 3 is 2.88 bits per heavy atom. The van der Waals surface area contributed by atoms with Gasteiger partial charge in [0.05, 0.1) is 12.0 Å². The molecule has 16 heavy (non-hydrogen) atoms. The highest BCUT2D eigenvalue weighted by molar-refractivity contribution is 5.63. The van der Waals surface area contributed by atoms with Crippen molar-refractivity contribution < 1.29 is 0 Å². The SMILES string of the molecule is Cc1ccc(C)c(-c2cn(CCN)cn2)c1. The highest BCUT2D eigenvalue weighted by Crippen LogP contribution is 2.22. The smallest absolute Gasteiger partial charge is 0.0954 e. The minimum absolute atomic E-state index is 0.641. The lowest BCUT2D eigenvalue weighted by molar-refractivity contribution is 0.708. The van der Waals surface area contributed by atoms with Crippen molar-refractivity contribution in [2.75, 3.05) is 6.54 Å². The molecule has 0 saturated heterocycles. The van der Waals surface area contributed by atoms with Crippen LogP contribution in [-0.2, 0) is 6.54 Å². The third-order valence-electron chi connectivity index (χ3n) is 2.69. The predicted molar refractivity (Wildman–Crippen MR) is 66.2 cm³/mol. The first kappa shape index (κ1) is 10.9. The van der Waals surface area contributed by atoms with Gasteiger partial charge in [0.25, 0.3) is 0 Å². The summed E-state index contributed by atoms with van der Waals surface area (Å²) in [7, 11) is 0. The van der Waals surface area contributed by atoms with Gasteiger partial charge in [0.1, 0.15) is 0 Å². The second-order valence-corrected chi connectivity index (χ2v) is 4.10. The van der Waals surface area contributed by atoms with E-state index in [4.69, 9.17) is 5.73 Å². The third kappa shape index (κ3) is 2.14. The van der Waals surface area contributed by atoms with Crippen molar-refractivity contribution >= 4 is 0 Å². The van der Waals surface area contributed by atoms with Crippen LogP contribution in [0.2, 0.25) is 0 Å². The molecule has 2 aromatic rings. The van der Waals surface area contributed by atoms with E-state index in [1.54, 1.807) is 0 Å². The van der Waals surface area contributed by atoms with E-state index in [-0.39, 0.29) is 0 Å². The zero-order chi connectivity index (χ0) is 11.5. The van der Waals surface area contributed by atoms with Gasteiger partial charge >= 0.3 is 0 Å². The largest absolute Gasteiger partial charge is 0.336 e. The minimum Gasteiger partial charge on any atom is -0.336 e.